The van der Waals surface area contributed by atoms with Gasteiger partial charge in [0.1, 0.15) is 17.9 Å². The largest absolute Gasteiger partial charge is 0.469 e. The molecule has 2 amide bonds. The Bertz CT molecular complexity index is 1230. The highest BCUT2D eigenvalue weighted by Crippen LogP contribution is 2.25. The maximum absolute atomic E-state index is 12.5. The Labute approximate surface area is 185 Å². The van der Waals surface area contributed by atoms with Crippen molar-refractivity contribution < 1.29 is 9.21 Å². The van der Waals surface area contributed by atoms with Crippen LogP contribution < -0.4 is 5.32 Å². The Balaban J connectivity index is 1.26. The lowest BCUT2D eigenvalue weighted by atomic mass is 10.0. The number of rotatable bonds is 6. The van der Waals surface area contributed by atoms with Crippen molar-refractivity contribution >= 4 is 17.3 Å². The van der Waals surface area contributed by atoms with Gasteiger partial charge in [0.05, 0.1) is 6.26 Å². The summed E-state index contributed by atoms with van der Waals surface area (Å²) in [6.07, 6.45) is 9.59. The summed E-state index contributed by atoms with van der Waals surface area (Å²) < 4.78 is 7.37. The summed E-state index contributed by atoms with van der Waals surface area (Å²) in [5.74, 6) is 1.82. The number of benzene rings is 1. The van der Waals surface area contributed by atoms with E-state index in [0.717, 1.165) is 53.2 Å². The van der Waals surface area contributed by atoms with Crippen molar-refractivity contribution in [3.05, 3.63) is 90.0 Å². The Morgan fingerprint density at radius 2 is 2.03 bits per heavy atom. The highest BCUT2D eigenvalue weighted by Gasteiger charge is 2.20. The van der Waals surface area contributed by atoms with Crippen molar-refractivity contribution in [3.8, 4) is 0 Å². The van der Waals surface area contributed by atoms with Crippen LogP contribution in [0.4, 0.5) is 4.79 Å². The number of furan rings is 1. The smallest absolute Gasteiger partial charge is 0.317 e. The Kier molecular flexibility index (Phi) is 5.65. The van der Waals surface area contributed by atoms with Gasteiger partial charge in [-0.2, -0.15) is 0 Å². The lowest BCUT2D eigenvalue weighted by Gasteiger charge is -2.27. The van der Waals surface area contributed by atoms with Gasteiger partial charge in [0, 0.05) is 44.2 Å². The molecule has 0 spiro atoms. The molecule has 0 bridgehead atoms. The van der Waals surface area contributed by atoms with E-state index >= 15 is 0 Å². The number of nitrogens with zero attached hydrogens (tertiary/aromatic N) is 5. The highest BCUT2D eigenvalue weighted by atomic mass is 16.3. The van der Waals surface area contributed by atoms with E-state index in [0.29, 0.717) is 19.6 Å². The molecule has 0 radical (unpaired) electrons. The number of urea groups is 1. The topological polar surface area (TPSA) is 88.6 Å². The van der Waals surface area contributed by atoms with Crippen LogP contribution in [-0.4, -0.2) is 43.6 Å². The number of carbonyl (C=O) groups is 1. The van der Waals surface area contributed by atoms with Crippen LogP contribution in [0.5, 0.6) is 0 Å². The molecule has 0 atom stereocenters. The van der Waals surface area contributed by atoms with E-state index in [2.05, 4.69) is 26.6 Å². The van der Waals surface area contributed by atoms with Crippen molar-refractivity contribution in [3.63, 3.8) is 0 Å². The van der Waals surface area contributed by atoms with E-state index < -0.39 is 0 Å². The third-order valence-electron chi connectivity index (χ3n) is 5.71. The number of aryl methyl sites for hydroxylation is 2. The van der Waals surface area contributed by atoms with Gasteiger partial charge in [-0.15, -0.1) is 10.2 Å². The minimum Gasteiger partial charge on any atom is -0.469 e. The minimum absolute atomic E-state index is 0.0526. The average Bonchev–Trinajstić information content (AvgIpc) is 3.54. The maximum Gasteiger partial charge on any atom is 0.317 e. The molecule has 0 aliphatic carbocycles. The molecule has 0 fully saturated rings. The number of hydrogen-bond acceptors (Lipinski definition) is 5. The molecule has 1 aromatic carbocycles. The zero-order valence-electron chi connectivity index (χ0n) is 17.6. The van der Waals surface area contributed by atoms with E-state index in [1.807, 2.05) is 58.0 Å². The van der Waals surface area contributed by atoms with Gasteiger partial charge >= 0.3 is 6.03 Å². The number of amides is 2. The standard InChI is InChI=1S/C24H24N6O2/c31-24(26-15-18-5-2-1-3-6-18)29-12-10-19(11-13-29)21-16-25-22(30-17-27-28-23(21)30)9-8-20-7-4-14-32-20/h1-7,10,14,16-17H,8-9,11-13,15H2,(H,26,31). The second-order valence-corrected chi connectivity index (χ2v) is 7.76. The lowest BCUT2D eigenvalue weighted by Crippen LogP contribution is -2.41. The van der Waals surface area contributed by atoms with Crippen LogP contribution in [0.3, 0.4) is 0 Å². The summed E-state index contributed by atoms with van der Waals surface area (Å²) in [4.78, 5) is 19.0. The van der Waals surface area contributed by atoms with Gasteiger partial charge in [0.2, 0.25) is 0 Å². The third-order valence-corrected chi connectivity index (χ3v) is 5.71. The number of hydrogen-bond donors (Lipinski definition) is 1. The monoisotopic (exact) mass is 428 g/mol. The van der Waals surface area contributed by atoms with Crippen molar-refractivity contribution in [2.75, 3.05) is 13.1 Å². The molecule has 3 aromatic heterocycles. The van der Waals surface area contributed by atoms with Gasteiger partial charge in [-0.25, -0.2) is 9.78 Å². The second kappa shape index (κ2) is 9.05. The maximum atomic E-state index is 12.5. The van der Waals surface area contributed by atoms with Gasteiger partial charge in [-0.1, -0.05) is 36.4 Å². The molecule has 8 heteroatoms. The fourth-order valence-corrected chi connectivity index (χ4v) is 3.95. The first-order valence-corrected chi connectivity index (χ1v) is 10.7. The predicted molar refractivity (Wildman–Crippen MR) is 120 cm³/mol. The quantitative estimate of drug-likeness (QED) is 0.508. The van der Waals surface area contributed by atoms with Crippen molar-refractivity contribution in [2.45, 2.75) is 25.8 Å². The molecule has 1 aliphatic heterocycles. The molecule has 4 aromatic rings. The average molecular weight is 428 g/mol. The summed E-state index contributed by atoms with van der Waals surface area (Å²) in [6, 6.07) is 13.7. The molecular weight excluding hydrogens is 404 g/mol. The van der Waals surface area contributed by atoms with Gasteiger partial charge in [0.25, 0.3) is 0 Å². The lowest BCUT2D eigenvalue weighted by molar-refractivity contribution is 0.202. The van der Waals surface area contributed by atoms with E-state index in [9.17, 15) is 4.79 Å². The van der Waals surface area contributed by atoms with E-state index in [1.54, 1.807) is 12.6 Å². The van der Waals surface area contributed by atoms with Crippen LogP contribution in [0.15, 0.2) is 71.7 Å². The fourth-order valence-electron chi connectivity index (χ4n) is 3.95. The molecule has 32 heavy (non-hydrogen) atoms. The molecule has 0 unspecified atom stereocenters. The van der Waals surface area contributed by atoms with Crippen molar-refractivity contribution in [1.29, 1.82) is 0 Å². The van der Waals surface area contributed by atoms with E-state index in [4.69, 9.17) is 4.42 Å². The van der Waals surface area contributed by atoms with Crippen LogP contribution in [-0.2, 0) is 19.4 Å². The summed E-state index contributed by atoms with van der Waals surface area (Å²) in [6.45, 7) is 1.72. The predicted octanol–water partition coefficient (Wildman–Crippen LogP) is 3.50. The van der Waals surface area contributed by atoms with Crippen molar-refractivity contribution in [2.24, 2.45) is 0 Å². The molecule has 8 nitrogen and oxygen atoms in total. The van der Waals surface area contributed by atoms with Crippen LogP contribution in [0.2, 0.25) is 0 Å². The van der Waals surface area contributed by atoms with Gasteiger partial charge in [0.15, 0.2) is 5.65 Å². The molecule has 0 saturated carbocycles. The molecule has 5 rings (SSSR count). The van der Waals surface area contributed by atoms with Gasteiger partial charge in [-0.05, 0) is 29.7 Å². The molecule has 1 aliphatic rings. The zero-order chi connectivity index (χ0) is 21.8. The Hall–Kier alpha value is -3.94. The highest BCUT2D eigenvalue weighted by molar-refractivity contribution is 5.79. The number of nitrogens with one attached hydrogen (secondary N) is 1. The SMILES string of the molecule is O=C(NCc1ccccc1)N1CC=C(c2cnc(CCc3ccco3)n3cnnc23)CC1. The second-order valence-electron chi connectivity index (χ2n) is 7.76. The number of aromatic nitrogens is 4. The van der Waals surface area contributed by atoms with Crippen LogP contribution in [0.1, 0.15) is 29.1 Å². The van der Waals surface area contributed by atoms with Gasteiger partial charge < -0.3 is 14.6 Å². The molecule has 1 N–H and O–H groups in total. The third kappa shape index (κ3) is 4.25. The van der Waals surface area contributed by atoms with E-state index in [-0.39, 0.29) is 6.03 Å². The first kappa shape index (κ1) is 20.0. The summed E-state index contributed by atoms with van der Waals surface area (Å²) in [5, 5.41) is 11.4. The van der Waals surface area contributed by atoms with Crippen molar-refractivity contribution in [1.82, 2.24) is 29.8 Å². The molecular formula is C24H24N6O2. The number of carbonyl (C=O) groups excluding carboxylic acids is 1. The summed E-state index contributed by atoms with van der Waals surface area (Å²) in [7, 11) is 0. The molecule has 0 saturated heterocycles. The zero-order valence-corrected chi connectivity index (χ0v) is 17.6. The Morgan fingerprint density at radius 3 is 2.81 bits per heavy atom. The first-order valence-electron chi connectivity index (χ1n) is 10.7. The summed E-state index contributed by atoms with van der Waals surface area (Å²) in [5.41, 5.74) is 3.98. The number of fused-ring (bicyclic) bond motifs is 1. The van der Waals surface area contributed by atoms with Gasteiger partial charge in [-0.3, -0.25) is 4.40 Å². The van der Waals surface area contributed by atoms with Crippen LogP contribution in [0.25, 0.3) is 11.2 Å². The molecule has 4 heterocycles. The summed E-state index contributed by atoms with van der Waals surface area (Å²) >= 11 is 0. The van der Waals surface area contributed by atoms with Crippen LogP contribution in [0, 0.1) is 0 Å². The molecule has 162 valence electrons. The minimum atomic E-state index is -0.0526. The van der Waals surface area contributed by atoms with E-state index in [1.165, 1.54) is 0 Å². The Morgan fingerprint density at radius 1 is 1.12 bits per heavy atom. The van der Waals surface area contributed by atoms with Crippen LogP contribution >= 0.6 is 0 Å². The fraction of sp³-hybridized carbons (Fsp3) is 0.250. The normalized spacial score (nSPS) is 13.9. The first-order chi connectivity index (χ1) is 15.8.